The van der Waals surface area contributed by atoms with Crippen molar-refractivity contribution in [2.24, 2.45) is 4.99 Å². The Bertz CT molecular complexity index is 480. The summed E-state index contributed by atoms with van der Waals surface area (Å²) in [6.07, 6.45) is 5.26. The van der Waals surface area contributed by atoms with Crippen LogP contribution < -0.4 is 10.6 Å². The molecule has 0 aliphatic heterocycles. The number of halogens is 1. The molecule has 0 heterocycles. The molecular weight excluding hydrogens is 467 g/mol. The Hall–Kier alpha value is -0.130. The normalized spacial score (nSPS) is 12.8. The van der Waals surface area contributed by atoms with Gasteiger partial charge in [-0.25, -0.2) is 12.7 Å². The maximum Gasteiger partial charge on any atom is 0.211 e. The zero-order valence-corrected chi connectivity index (χ0v) is 20.2. The fourth-order valence-electron chi connectivity index (χ4n) is 2.80. The van der Waals surface area contributed by atoms with Gasteiger partial charge in [0.25, 0.3) is 0 Å². The van der Waals surface area contributed by atoms with Gasteiger partial charge in [0.15, 0.2) is 5.96 Å². The topological polar surface area (TPSA) is 94.0 Å². The lowest BCUT2D eigenvalue weighted by molar-refractivity contribution is 0.0306. The van der Waals surface area contributed by atoms with Crippen LogP contribution >= 0.6 is 24.0 Å². The third kappa shape index (κ3) is 12.3. The Kier molecular flexibility index (Phi) is 16.1. The van der Waals surface area contributed by atoms with Gasteiger partial charge in [0.2, 0.25) is 10.0 Å². The molecule has 0 aliphatic rings. The third-order valence-corrected chi connectivity index (χ3v) is 5.38. The predicted molar refractivity (Wildman–Crippen MR) is 121 cm³/mol. The quantitative estimate of drug-likeness (QED) is 0.154. The summed E-state index contributed by atoms with van der Waals surface area (Å²) >= 11 is 0. The van der Waals surface area contributed by atoms with Crippen LogP contribution in [-0.2, 0) is 10.0 Å². The highest BCUT2D eigenvalue weighted by Crippen LogP contribution is 2.19. The molecule has 0 aromatic carbocycles. The summed E-state index contributed by atoms with van der Waals surface area (Å²) < 4.78 is 24.6. The van der Waals surface area contributed by atoms with Gasteiger partial charge in [-0.15, -0.1) is 24.0 Å². The van der Waals surface area contributed by atoms with E-state index in [4.69, 9.17) is 0 Å². The first-order valence-electron chi connectivity index (χ1n) is 9.42. The average Bonchev–Trinajstić information content (AvgIpc) is 2.51. The van der Waals surface area contributed by atoms with Crippen molar-refractivity contribution >= 4 is 40.0 Å². The lowest BCUT2D eigenvalue weighted by atomic mass is 9.93. The average molecular weight is 506 g/mol. The predicted octanol–water partition coefficient (Wildman–Crippen LogP) is 2.16. The van der Waals surface area contributed by atoms with Gasteiger partial charge in [-0.2, -0.15) is 0 Å². The number of hydrogen-bond acceptors (Lipinski definition) is 4. The second-order valence-electron chi connectivity index (χ2n) is 6.45. The van der Waals surface area contributed by atoms with Gasteiger partial charge in [0, 0.05) is 26.2 Å². The Balaban J connectivity index is 0. The number of guanidine groups is 1. The molecule has 9 heteroatoms. The Morgan fingerprint density at radius 1 is 1.12 bits per heavy atom. The second-order valence-corrected chi connectivity index (χ2v) is 8.44. The van der Waals surface area contributed by atoms with Crippen molar-refractivity contribution in [1.82, 2.24) is 14.9 Å². The van der Waals surface area contributed by atoms with E-state index < -0.39 is 15.6 Å². The van der Waals surface area contributed by atoms with Crippen LogP contribution in [0.5, 0.6) is 0 Å². The van der Waals surface area contributed by atoms with Crippen LogP contribution in [0.1, 0.15) is 59.8 Å². The number of hydrogen-bond donors (Lipinski definition) is 3. The van der Waals surface area contributed by atoms with Gasteiger partial charge in [-0.05, 0) is 26.2 Å². The van der Waals surface area contributed by atoms with E-state index >= 15 is 0 Å². The van der Waals surface area contributed by atoms with Crippen molar-refractivity contribution in [2.75, 3.05) is 39.0 Å². The molecule has 0 saturated carbocycles. The highest BCUT2D eigenvalue weighted by molar-refractivity contribution is 14.0. The molecule has 7 nitrogen and oxygen atoms in total. The minimum Gasteiger partial charge on any atom is -0.388 e. The summed E-state index contributed by atoms with van der Waals surface area (Å²) in [4.78, 5) is 4.52. The second kappa shape index (κ2) is 14.9. The van der Waals surface area contributed by atoms with E-state index in [2.05, 4.69) is 29.5 Å². The van der Waals surface area contributed by atoms with Crippen LogP contribution in [0.2, 0.25) is 0 Å². The summed E-state index contributed by atoms with van der Waals surface area (Å²) in [7, 11) is -3.14. The molecule has 0 bridgehead atoms. The smallest absolute Gasteiger partial charge is 0.211 e. The van der Waals surface area contributed by atoms with E-state index in [0.29, 0.717) is 38.6 Å². The molecule has 0 rings (SSSR count). The summed E-state index contributed by atoms with van der Waals surface area (Å²) in [5.41, 5.74) is -0.749. The van der Waals surface area contributed by atoms with Gasteiger partial charge >= 0.3 is 0 Å². The Morgan fingerprint density at radius 3 is 2.12 bits per heavy atom. The van der Waals surface area contributed by atoms with Crippen LogP contribution in [0, 0.1) is 0 Å². The zero-order valence-electron chi connectivity index (χ0n) is 17.0. The van der Waals surface area contributed by atoms with E-state index in [1.165, 1.54) is 10.6 Å². The van der Waals surface area contributed by atoms with Crippen LogP contribution in [0.15, 0.2) is 4.99 Å². The number of aliphatic imine (C=N–C) groups is 1. The largest absolute Gasteiger partial charge is 0.388 e. The Labute approximate surface area is 177 Å². The van der Waals surface area contributed by atoms with Gasteiger partial charge < -0.3 is 15.7 Å². The molecule has 0 aromatic heterocycles. The molecule has 26 heavy (non-hydrogen) atoms. The standard InChI is InChI=1S/C17H38N4O3S.HI/c1-6-11-17(22,12-7-2)15-20-16(18-8-3)19-13-10-14-21(9-4)25(5,23)24;/h22H,6-15H2,1-5H3,(H2,18,19,20);1H. The summed E-state index contributed by atoms with van der Waals surface area (Å²) in [6.45, 7) is 10.6. The van der Waals surface area contributed by atoms with E-state index in [-0.39, 0.29) is 24.0 Å². The van der Waals surface area contributed by atoms with Gasteiger partial charge in [-0.3, -0.25) is 4.99 Å². The van der Waals surface area contributed by atoms with E-state index in [1.807, 2.05) is 13.8 Å². The highest BCUT2D eigenvalue weighted by Gasteiger charge is 2.24. The molecule has 0 aliphatic carbocycles. The molecule has 0 amide bonds. The monoisotopic (exact) mass is 506 g/mol. The van der Waals surface area contributed by atoms with Crippen molar-refractivity contribution in [3.63, 3.8) is 0 Å². The SMILES string of the molecule is CCCC(O)(CCC)CN=C(NCC)NCCCN(CC)S(C)(=O)=O.I. The van der Waals surface area contributed by atoms with Crippen molar-refractivity contribution in [3.05, 3.63) is 0 Å². The molecular formula is C17H39IN4O3S. The molecule has 0 spiro atoms. The summed E-state index contributed by atoms with van der Waals surface area (Å²) in [5.74, 6) is 0.663. The molecule has 0 fully saturated rings. The number of nitrogens with zero attached hydrogens (tertiary/aromatic N) is 2. The molecule has 0 aromatic rings. The van der Waals surface area contributed by atoms with Crippen molar-refractivity contribution in [1.29, 1.82) is 0 Å². The lowest BCUT2D eigenvalue weighted by Gasteiger charge is -2.26. The van der Waals surface area contributed by atoms with Crippen molar-refractivity contribution < 1.29 is 13.5 Å². The molecule has 0 unspecified atom stereocenters. The number of nitrogens with one attached hydrogen (secondary N) is 2. The number of aliphatic hydroxyl groups is 1. The van der Waals surface area contributed by atoms with Gasteiger partial charge in [-0.1, -0.05) is 33.6 Å². The maximum absolute atomic E-state index is 11.6. The minimum absolute atomic E-state index is 0. The molecule has 0 radical (unpaired) electrons. The third-order valence-electron chi connectivity index (χ3n) is 4.00. The van der Waals surface area contributed by atoms with Crippen molar-refractivity contribution in [2.45, 2.75) is 65.4 Å². The summed E-state index contributed by atoms with van der Waals surface area (Å²) in [6, 6.07) is 0. The molecule has 3 N–H and O–H groups in total. The first kappa shape index (κ1) is 28.1. The molecule has 0 atom stereocenters. The van der Waals surface area contributed by atoms with Gasteiger partial charge in [0.05, 0.1) is 18.4 Å². The fraction of sp³-hybridized carbons (Fsp3) is 0.941. The van der Waals surface area contributed by atoms with E-state index in [9.17, 15) is 13.5 Å². The number of sulfonamides is 1. The van der Waals surface area contributed by atoms with Gasteiger partial charge in [0.1, 0.15) is 0 Å². The number of rotatable bonds is 13. The zero-order chi connectivity index (χ0) is 19.3. The highest BCUT2D eigenvalue weighted by atomic mass is 127. The minimum atomic E-state index is -3.14. The molecule has 0 saturated heterocycles. The van der Waals surface area contributed by atoms with Crippen LogP contribution in [0.3, 0.4) is 0 Å². The van der Waals surface area contributed by atoms with E-state index in [1.54, 1.807) is 0 Å². The van der Waals surface area contributed by atoms with Crippen LogP contribution in [0.4, 0.5) is 0 Å². The first-order chi connectivity index (χ1) is 11.7. The summed E-state index contributed by atoms with van der Waals surface area (Å²) in [5, 5.41) is 17.0. The molecule has 158 valence electrons. The van der Waals surface area contributed by atoms with E-state index in [0.717, 1.165) is 32.2 Å². The van der Waals surface area contributed by atoms with Crippen LogP contribution in [-0.4, -0.2) is 68.4 Å². The lowest BCUT2D eigenvalue weighted by Crippen LogP contribution is -2.41. The fourth-order valence-corrected chi connectivity index (χ4v) is 3.73. The maximum atomic E-state index is 11.6. The Morgan fingerprint density at radius 2 is 1.69 bits per heavy atom. The van der Waals surface area contributed by atoms with Crippen molar-refractivity contribution in [3.8, 4) is 0 Å². The van der Waals surface area contributed by atoms with Crippen LogP contribution in [0.25, 0.3) is 0 Å². The first-order valence-corrected chi connectivity index (χ1v) is 11.3.